The summed E-state index contributed by atoms with van der Waals surface area (Å²) in [6, 6.07) is 7.80. The van der Waals surface area contributed by atoms with E-state index in [9.17, 15) is 10.1 Å². The Morgan fingerprint density at radius 1 is 1.26 bits per heavy atom. The smallest absolute Gasteiger partial charge is 0.270 e. The predicted molar refractivity (Wildman–Crippen MR) is 85.8 cm³/mol. The van der Waals surface area contributed by atoms with Crippen LogP contribution in [0.2, 0.25) is 5.02 Å². The SMILES string of the molecule is O=[N+]([O-])c1ccc(-c2ccc(C=NN3CCOCC3)o2)c(Cl)c1. The van der Waals surface area contributed by atoms with E-state index in [2.05, 4.69) is 5.10 Å². The molecule has 2 aromatic rings. The van der Waals surface area contributed by atoms with Crippen molar-refractivity contribution >= 4 is 23.5 Å². The fraction of sp³-hybridized carbons (Fsp3) is 0.267. The van der Waals surface area contributed by atoms with Gasteiger partial charge in [-0.2, -0.15) is 5.10 Å². The summed E-state index contributed by atoms with van der Waals surface area (Å²) < 4.78 is 10.9. The molecule has 23 heavy (non-hydrogen) atoms. The number of non-ortho nitro benzene ring substituents is 1. The molecule has 1 fully saturated rings. The van der Waals surface area contributed by atoms with Gasteiger partial charge in [0.05, 0.1) is 42.5 Å². The van der Waals surface area contributed by atoms with Gasteiger partial charge in [-0.25, -0.2) is 0 Å². The lowest BCUT2D eigenvalue weighted by Crippen LogP contribution is -2.32. The van der Waals surface area contributed by atoms with Gasteiger partial charge in [0.15, 0.2) is 0 Å². The molecule has 1 aliphatic rings. The highest BCUT2D eigenvalue weighted by atomic mass is 35.5. The fourth-order valence-electron chi connectivity index (χ4n) is 2.19. The number of nitro benzene ring substituents is 1. The van der Waals surface area contributed by atoms with E-state index in [1.54, 1.807) is 24.4 Å². The highest BCUT2D eigenvalue weighted by molar-refractivity contribution is 6.33. The lowest BCUT2D eigenvalue weighted by molar-refractivity contribution is -0.384. The summed E-state index contributed by atoms with van der Waals surface area (Å²) in [4.78, 5) is 10.2. The summed E-state index contributed by atoms with van der Waals surface area (Å²) in [5.74, 6) is 1.12. The highest BCUT2D eigenvalue weighted by Gasteiger charge is 2.13. The van der Waals surface area contributed by atoms with Crippen molar-refractivity contribution in [3.05, 3.63) is 51.2 Å². The second-order valence-electron chi connectivity index (χ2n) is 4.93. The monoisotopic (exact) mass is 335 g/mol. The van der Waals surface area contributed by atoms with Gasteiger partial charge in [0, 0.05) is 17.7 Å². The van der Waals surface area contributed by atoms with Gasteiger partial charge in [0.1, 0.15) is 11.5 Å². The van der Waals surface area contributed by atoms with E-state index in [0.717, 1.165) is 13.1 Å². The first kappa shape index (κ1) is 15.5. The van der Waals surface area contributed by atoms with Crippen LogP contribution in [0.15, 0.2) is 39.9 Å². The minimum atomic E-state index is -0.488. The molecule has 3 rings (SSSR count). The van der Waals surface area contributed by atoms with Crippen molar-refractivity contribution in [2.75, 3.05) is 26.3 Å². The molecule has 0 N–H and O–H groups in total. The zero-order valence-corrected chi connectivity index (χ0v) is 12.9. The molecule has 0 saturated carbocycles. The predicted octanol–water partition coefficient (Wildman–Crippen LogP) is 3.17. The normalized spacial score (nSPS) is 15.3. The largest absolute Gasteiger partial charge is 0.455 e. The summed E-state index contributed by atoms with van der Waals surface area (Å²) in [6.07, 6.45) is 1.63. The quantitative estimate of drug-likeness (QED) is 0.487. The van der Waals surface area contributed by atoms with Gasteiger partial charge in [-0.15, -0.1) is 0 Å². The number of benzene rings is 1. The first-order valence-electron chi connectivity index (χ1n) is 7.04. The molecule has 0 radical (unpaired) electrons. The summed E-state index contributed by atoms with van der Waals surface area (Å²) >= 11 is 6.10. The van der Waals surface area contributed by atoms with Crippen molar-refractivity contribution in [3.63, 3.8) is 0 Å². The van der Waals surface area contributed by atoms with Crippen molar-refractivity contribution < 1.29 is 14.1 Å². The van der Waals surface area contributed by atoms with Crippen LogP contribution in [0.4, 0.5) is 5.69 Å². The maximum atomic E-state index is 10.7. The van der Waals surface area contributed by atoms with Gasteiger partial charge in [-0.05, 0) is 18.2 Å². The van der Waals surface area contributed by atoms with Crippen molar-refractivity contribution in [1.29, 1.82) is 0 Å². The Kier molecular flexibility index (Phi) is 4.59. The molecule has 1 aromatic carbocycles. The van der Waals surface area contributed by atoms with Crippen molar-refractivity contribution in [1.82, 2.24) is 5.01 Å². The van der Waals surface area contributed by atoms with Gasteiger partial charge in [0.2, 0.25) is 0 Å². The molecule has 0 aliphatic carbocycles. The van der Waals surface area contributed by atoms with E-state index in [0.29, 0.717) is 30.3 Å². The second-order valence-corrected chi connectivity index (χ2v) is 5.34. The minimum absolute atomic E-state index is 0.0561. The zero-order chi connectivity index (χ0) is 16.2. The Labute approximate surface area is 137 Å². The lowest BCUT2D eigenvalue weighted by atomic mass is 10.1. The third-order valence-electron chi connectivity index (χ3n) is 3.39. The molecule has 0 amide bonds. The molecule has 1 aromatic heterocycles. The van der Waals surface area contributed by atoms with Crippen LogP contribution in [-0.4, -0.2) is 42.5 Å². The number of ether oxygens (including phenoxy) is 1. The molecular formula is C15H14ClN3O4. The molecule has 0 spiro atoms. The molecule has 7 nitrogen and oxygen atoms in total. The number of hydrogen-bond acceptors (Lipinski definition) is 6. The summed E-state index contributed by atoms with van der Waals surface area (Å²) in [5, 5.41) is 17.2. The number of morpholine rings is 1. The molecular weight excluding hydrogens is 322 g/mol. The van der Waals surface area contributed by atoms with E-state index in [1.807, 2.05) is 5.01 Å². The fourth-order valence-corrected chi connectivity index (χ4v) is 2.46. The van der Waals surface area contributed by atoms with Gasteiger partial charge in [0.25, 0.3) is 5.69 Å². The first-order valence-corrected chi connectivity index (χ1v) is 7.42. The topological polar surface area (TPSA) is 81.1 Å². The van der Waals surface area contributed by atoms with E-state index >= 15 is 0 Å². The third-order valence-corrected chi connectivity index (χ3v) is 3.70. The van der Waals surface area contributed by atoms with Crippen LogP contribution in [0.3, 0.4) is 0 Å². The Morgan fingerprint density at radius 2 is 2.04 bits per heavy atom. The van der Waals surface area contributed by atoms with Gasteiger partial charge < -0.3 is 9.15 Å². The number of halogens is 1. The van der Waals surface area contributed by atoms with E-state index in [1.165, 1.54) is 12.1 Å². The maximum absolute atomic E-state index is 10.7. The van der Waals surface area contributed by atoms with Gasteiger partial charge in [-0.3, -0.25) is 15.1 Å². The van der Waals surface area contributed by atoms with E-state index in [4.69, 9.17) is 20.8 Å². The molecule has 120 valence electrons. The number of furan rings is 1. The van der Waals surface area contributed by atoms with Gasteiger partial charge >= 0.3 is 0 Å². The second kappa shape index (κ2) is 6.80. The van der Waals surface area contributed by atoms with E-state index in [-0.39, 0.29) is 10.7 Å². The molecule has 0 atom stereocenters. The summed E-state index contributed by atoms with van der Waals surface area (Å²) in [7, 11) is 0. The molecule has 1 saturated heterocycles. The Balaban J connectivity index is 1.76. The molecule has 1 aliphatic heterocycles. The minimum Gasteiger partial charge on any atom is -0.455 e. The first-order chi connectivity index (χ1) is 11.1. The zero-order valence-electron chi connectivity index (χ0n) is 12.1. The molecule has 0 unspecified atom stereocenters. The van der Waals surface area contributed by atoms with E-state index < -0.39 is 4.92 Å². The van der Waals surface area contributed by atoms with Crippen LogP contribution in [0.5, 0.6) is 0 Å². The summed E-state index contributed by atoms with van der Waals surface area (Å²) in [6.45, 7) is 2.83. The van der Waals surface area contributed by atoms with Crippen LogP contribution in [0.25, 0.3) is 11.3 Å². The van der Waals surface area contributed by atoms with Crippen molar-refractivity contribution in [2.45, 2.75) is 0 Å². The van der Waals surface area contributed by atoms with Crippen LogP contribution in [-0.2, 0) is 4.74 Å². The Hall–Kier alpha value is -2.38. The average molecular weight is 336 g/mol. The average Bonchev–Trinajstić information content (AvgIpc) is 3.02. The Bertz CT molecular complexity index is 738. The molecule has 2 heterocycles. The summed E-state index contributed by atoms with van der Waals surface area (Å²) in [5.41, 5.74) is 0.544. The number of nitrogens with zero attached hydrogens (tertiary/aromatic N) is 3. The molecule has 0 bridgehead atoms. The number of nitro groups is 1. The number of hydrogen-bond donors (Lipinski definition) is 0. The lowest BCUT2D eigenvalue weighted by Gasteiger charge is -2.23. The third kappa shape index (κ3) is 3.69. The van der Waals surface area contributed by atoms with Crippen molar-refractivity contribution in [3.8, 4) is 11.3 Å². The van der Waals surface area contributed by atoms with Crippen LogP contribution >= 0.6 is 11.6 Å². The number of rotatable bonds is 4. The Morgan fingerprint density at radius 3 is 2.74 bits per heavy atom. The van der Waals surface area contributed by atoms with Gasteiger partial charge in [-0.1, -0.05) is 11.6 Å². The highest BCUT2D eigenvalue weighted by Crippen LogP contribution is 2.32. The maximum Gasteiger partial charge on any atom is 0.270 e. The van der Waals surface area contributed by atoms with Crippen LogP contribution < -0.4 is 0 Å². The van der Waals surface area contributed by atoms with Crippen molar-refractivity contribution in [2.24, 2.45) is 5.10 Å². The van der Waals surface area contributed by atoms with Crippen LogP contribution in [0, 0.1) is 10.1 Å². The standard InChI is InChI=1S/C15H14ClN3O4/c16-14-9-11(19(20)21)1-3-13(14)15-4-2-12(23-15)10-17-18-5-7-22-8-6-18/h1-4,9-10H,5-8H2. The number of hydrazone groups is 1. The molecule has 8 heteroatoms. The van der Waals surface area contributed by atoms with Crippen LogP contribution in [0.1, 0.15) is 5.76 Å².